The Hall–Kier alpha value is -2.35. The number of aliphatic carboxylic acids is 1. The number of rotatable bonds is 4. The highest BCUT2D eigenvalue weighted by Gasteiger charge is 2.07. The molecular formula is C14H13FO4. The zero-order valence-electron chi connectivity index (χ0n) is 10.4. The van der Waals surface area contributed by atoms with E-state index in [1.807, 2.05) is 0 Å². The lowest BCUT2D eigenvalue weighted by Gasteiger charge is -2.01. The van der Waals surface area contributed by atoms with Crippen LogP contribution in [0.5, 0.6) is 0 Å². The van der Waals surface area contributed by atoms with Crippen LogP contribution < -0.4 is 0 Å². The summed E-state index contributed by atoms with van der Waals surface area (Å²) >= 11 is 0. The maximum Gasteiger partial charge on any atom is 0.317 e. The maximum atomic E-state index is 13.0. The van der Waals surface area contributed by atoms with Gasteiger partial charge in [-0.15, -0.1) is 0 Å². The molecule has 100 valence electrons. The van der Waals surface area contributed by atoms with Crippen LogP contribution in [0.3, 0.4) is 0 Å². The number of benzene rings is 1. The highest BCUT2D eigenvalue weighted by Crippen LogP contribution is 2.11. The quantitative estimate of drug-likeness (QED) is 0.664. The van der Waals surface area contributed by atoms with Gasteiger partial charge in [0.1, 0.15) is 12.2 Å². The second-order valence-electron chi connectivity index (χ2n) is 3.66. The van der Waals surface area contributed by atoms with Crippen molar-refractivity contribution in [3.63, 3.8) is 0 Å². The lowest BCUT2D eigenvalue weighted by Crippen LogP contribution is -2.03. The minimum atomic E-state index is -1.07. The number of carboxylic acids is 1. The van der Waals surface area contributed by atoms with E-state index in [1.54, 1.807) is 6.92 Å². The van der Waals surface area contributed by atoms with Gasteiger partial charge >= 0.3 is 11.9 Å². The molecule has 19 heavy (non-hydrogen) atoms. The highest BCUT2D eigenvalue weighted by atomic mass is 19.1. The van der Waals surface area contributed by atoms with Crippen LogP contribution in [0.25, 0.3) is 0 Å². The fourth-order valence-electron chi connectivity index (χ4n) is 1.42. The summed E-state index contributed by atoms with van der Waals surface area (Å²) in [6.45, 7) is 1.97. The van der Waals surface area contributed by atoms with Crippen molar-refractivity contribution in [2.75, 3.05) is 6.61 Å². The van der Waals surface area contributed by atoms with Gasteiger partial charge < -0.3 is 9.84 Å². The van der Waals surface area contributed by atoms with Gasteiger partial charge in [-0.25, -0.2) is 4.39 Å². The van der Waals surface area contributed by atoms with Gasteiger partial charge in [0.25, 0.3) is 0 Å². The van der Waals surface area contributed by atoms with Crippen LogP contribution in [0.1, 0.15) is 24.5 Å². The van der Waals surface area contributed by atoms with Crippen LogP contribution >= 0.6 is 0 Å². The van der Waals surface area contributed by atoms with Crippen LogP contribution in [0.15, 0.2) is 18.2 Å². The van der Waals surface area contributed by atoms with Gasteiger partial charge in [0.2, 0.25) is 0 Å². The van der Waals surface area contributed by atoms with Crippen LogP contribution in [0, 0.1) is 17.7 Å². The zero-order chi connectivity index (χ0) is 14.3. The number of carboxylic acid groups (broad SMARTS) is 1. The predicted molar refractivity (Wildman–Crippen MR) is 65.9 cm³/mol. The SMILES string of the molecule is CCOC(=O)CC#Cc1ccc(F)cc1CC(=O)O. The molecule has 0 saturated carbocycles. The number of hydrogen-bond acceptors (Lipinski definition) is 3. The van der Waals surface area contributed by atoms with Crippen LogP contribution in [0.2, 0.25) is 0 Å². The van der Waals surface area contributed by atoms with Gasteiger partial charge in [-0.3, -0.25) is 9.59 Å². The number of esters is 1. The van der Waals surface area contributed by atoms with Crippen LogP contribution in [0.4, 0.5) is 4.39 Å². The van der Waals surface area contributed by atoms with Crippen molar-refractivity contribution in [3.05, 3.63) is 35.1 Å². The van der Waals surface area contributed by atoms with E-state index in [4.69, 9.17) is 9.84 Å². The molecule has 0 aromatic heterocycles. The molecular weight excluding hydrogens is 251 g/mol. The van der Waals surface area contributed by atoms with E-state index in [0.717, 1.165) is 6.07 Å². The third-order valence-corrected chi connectivity index (χ3v) is 2.17. The van der Waals surface area contributed by atoms with Gasteiger partial charge in [-0.2, -0.15) is 0 Å². The predicted octanol–water partition coefficient (Wildman–Crippen LogP) is 1.76. The molecule has 0 amide bonds. The summed E-state index contributed by atoms with van der Waals surface area (Å²) in [7, 11) is 0. The molecule has 0 unspecified atom stereocenters. The summed E-state index contributed by atoms with van der Waals surface area (Å²) < 4.78 is 17.7. The molecule has 0 heterocycles. The van der Waals surface area contributed by atoms with E-state index in [1.165, 1.54) is 12.1 Å². The summed E-state index contributed by atoms with van der Waals surface area (Å²) in [5.41, 5.74) is 0.678. The van der Waals surface area contributed by atoms with Crippen molar-refractivity contribution in [1.29, 1.82) is 0 Å². The molecule has 4 nitrogen and oxygen atoms in total. The van der Waals surface area contributed by atoms with E-state index < -0.39 is 17.8 Å². The Morgan fingerprint density at radius 3 is 2.79 bits per heavy atom. The van der Waals surface area contributed by atoms with Crippen molar-refractivity contribution < 1.29 is 23.8 Å². The van der Waals surface area contributed by atoms with E-state index in [0.29, 0.717) is 5.56 Å². The van der Waals surface area contributed by atoms with Crippen molar-refractivity contribution in [3.8, 4) is 11.8 Å². The van der Waals surface area contributed by atoms with Crippen molar-refractivity contribution in [1.82, 2.24) is 0 Å². The van der Waals surface area contributed by atoms with Gasteiger partial charge in [0.15, 0.2) is 0 Å². The lowest BCUT2D eigenvalue weighted by molar-refractivity contribution is -0.142. The average Bonchev–Trinajstić information content (AvgIpc) is 2.31. The molecule has 0 radical (unpaired) electrons. The standard InChI is InChI=1S/C14H13FO4/c1-2-19-14(18)5-3-4-10-6-7-12(15)8-11(10)9-13(16)17/h6-8H,2,5,9H2,1H3,(H,16,17). The molecule has 0 bridgehead atoms. The minimum Gasteiger partial charge on any atom is -0.481 e. The number of carbonyl (C=O) groups excluding carboxylic acids is 1. The average molecular weight is 264 g/mol. The summed E-state index contributed by atoms with van der Waals surface area (Å²) in [4.78, 5) is 21.7. The van der Waals surface area contributed by atoms with E-state index >= 15 is 0 Å². The first kappa shape index (κ1) is 14.7. The summed E-state index contributed by atoms with van der Waals surface area (Å²) in [6, 6.07) is 3.72. The number of ether oxygens (including phenoxy) is 1. The molecule has 0 saturated heterocycles. The van der Waals surface area contributed by atoms with E-state index in [9.17, 15) is 14.0 Å². The molecule has 0 aliphatic heterocycles. The van der Waals surface area contributed by atoms with E-state index in [-0.39, 0.29) is 25.0 Å². The van der Waals surface area contributed by atoms with Gasteiger partial charge in [0.05, 0.1) is 13.0 Å². The smallest absolute Gasteiger partial charge is 0.317 e. The molecule has 1 aromatic carbocycles. The molecule has 0 spiro atoms. The normalized spacial score (nSPS) is 9.37. The van der Waals surface area contributed by atoms with Crippen molar-refractivity contribution in [2.45, 2.75) is 19.8 Å². The molecule has 5 heteroatoms. The third kappa shape index (κ3) is 5.21. The Kier molecular flexibility index (Phi) is 5.55. The van der Waals surface area contributed by atoms with Crippen LogP contribution in [-0.4, -0.2) is 23.7 Å². The largest absolute Gasteiger partial charge is 0.481 e. The number of carbonyl (C=O) groups is 2. The lowest BCUT2D eigenvalue weighted by atomic mass is 10.0. The Morgan fingerprint density at radius 1 is 1.42 bits per heavy atom. The fraction of sp³-hybridized carbons (Fsp3) is 0.286. The molecule has 0 aliphatic rings. The minimum absolute atomic E-state index is 0.0856. The third-order valence-electron chi connectivity index (χ3n) is 2.17. The first-order valence-corrected chi connectivity index (χ1v) is 5.67. The topological polar surface area (TPSA) is 63.6 Å². The second-order valence-corrected chi connectivity index (χ2v) is 3.66. The monoisotopic (exact) mass is 264 g/mol. The Bertz CT molecular complexity index is 540. The fourth-order valence-corrected chi connectivity index (χ4v) is 1.42. The van der Waals surface area contributed by atoms with Gasteiger partial charge in [-0.05, 0) is 30.7 Å². The number of halogens is 1. The molecule has 1 rings (SSSR count). The molecule has 1 aromatic rings. The van der Waals surface area contributed by atoms with E-state index in [2.05, 4.69) is 11.8 Å². The Morgan fingerprint density at radius 2 is 2.16 bits per heavy atom. The summed E-state index contributed by atoms with van der Waals surface area (Å²) in [5, 5.41) is 8.72. The summed E-state index contributed by atoms with van der Waals surface area (Å²) in [5.74, 6) is 3.20. The van der Waals surface area contributed by atoms with Crippen molar-refractivity contribution in [2.24, 2.45) is 0 Å². The first-order valence-electron chi connectivity index (χ1n) is 5.67. The molecule has 0 aliphatic carbocycles. The zero-order valence-corrected chi connectivity index (χ0v) is 10.4. The van der Waals surface area contributed by atoms with Gasteiger partial charge in [0, 0.05) is 5.56 Å². The molecule has 1 N–H and O–H groups in total. The Labute approximate surface area is 110 Å². The first-order chi connectivity index (χ1) is 9.02. The summed E-state index contributed by atoms with van der Waals surface area (Å²) in [6.07, 6.45) is -0.404. The van der Waals surface area contributed by atoms with Gasteiger partial charge in [-0.1, -0.05) is 11.8 Å². The molecule has 0 atom stereocenters. The highest BCUT2D eigenvalue weighted by molar-refractivity contribution is 5.73. The molecule has 0 fully saturated rings. The Balaban J connectivity index is 2.85. The maximum absolute atomic E-state index is 13.0. The van der Waals surface area contributed by atoms with Crippen molar-refractivity contribution >= 4 is 11.9 Å². The number of hydrogen-bond donors (Lipinski definition) is 1. The van der Waals surface area contributed by atoms with Crippen LogP contribution in [-0.2, 0) is 20.7 Å². The second kappa shape index (κ2) is 7.17.